The zero-order chi connectivity index (χ0) is 28.1. The number of benzene rings is 3. The number of piperazine rings is 1. The van der Waals surface area contributed by atoms with Crippen molar-refractivity contribution in [3.05, 3.63) is 98.0 Å². The van der Waals surface area contributed by atoms with Crippen LogP contribution in [0.15, 0.2) is 54.6 Å². The second-order valence-corrected chi connectivity index (χ2v) is 11.7. The number of anilines is 1. The molecule has 1 fully saturated rings. The first-order chi connectivity index (χ1) is 18.7. The Morgan fingerprint density at radius 1 is 0.821 bits per heavy atom. The molecule has 1 heterocycles. The molecule has 1 saturated heterocycles. The number of nitrogens with zero attached hydrogens (tertiary/aromatic N) is 5. The number of rotatable bonds is 9. The van der Waals surface area contributed by atoms with Crippen LogP contribution in [-0.2, 0) is 6.54 Å². The first-order valence-electron chi connectivity index (χ1n) is 13.5. The summed E-state index contributed by atoms with van der Waals surface area (Å²) in [5.41, 5.74) is 7.66. The molecule has 0 aromatic heterocycles. The molecule has 0 N–H and O–H groups in total. The van der Waals surface area contributed by atoms with E-state index in [4.69, 9.17) is 23.2 Å². The van der Waals surface area contributed by atoms with E-state index in [1.807, 2.05) is 18.2 Å². The molecule has 0 unspecified atom stereocenters. The van der Waals surface area contributed by atoms with Crippen molar-refractivity contribution in [3.8, 4) is 6.07 Å². The van der Waals surface area contributed by atoms with Gasteiger partial charge >= 0.3 is 0 Å². The lowest BCUT2D eigenvalue weighted by Gasteiger charge is -2.40. The molecule has 39 heavy (non-hydrogen) atoms. The topological polar surface area (TPSA) is 36.8 Å². The first kappa shape index (κ1) is 29.4. The predicted octanol–water partition coefficient (Wildman–Crippen LogP) is 6.39. The molecule has 0 bridgehead atoms. The lowest BCUT2D eigenvalue weighted by molar-refractivity contribution is 0.105. The summed E-state index contributed by atoms with van der Waals surface area (Å²) in [4.78, 5) is 9.46. The molecule has 0 amide bonds. The second kappa shape index (κ2) is 13.2. The summed E-state index contributed by atoms with van der Waals surface area (Å²) < 4.78 is 0. The maximum Gasteiger partial charge on any atom is 0.0995 e. The van der Waals surface area contributed by atoms with Crippen LogP contribution >= 0.6 is 23.2 Å². The van der Waals surface area contributed by atoms with Gasteiger partial charge in [0, 0.05) is 68.6 Å². The number of hydrogen-bond acceptors (Lipinski definition) is 5. The van der Waals surface area contributed by atoms with E-state index in [9.17, 15) is 5.26 Å². The first-order valence-corrected chi connectivity index (χ1v) is 14.3. The van der Waals surface area contributed by atoms with Crippen molar-refractivity contribution in [2.24, 2.45) is 0 Å². The molecule has 3 aromatic rings. The van der Waals surface area contributed by atoms with Crippen molar-refractivity contribution in [1.82, 2.24) is 14.7 Å². The summed E-state index contributed by atoms with van der Waals surface area (Å²) in [6.45, 7) is 10.5. The summed E-state index contributed by atoms with van der Waals surface area (Å²) >= 11 is 12.8. The van der Waals surface area contributed by atoms with E-state index in [1.54, 1.807) is 0 Å². The van der Waals surface area contributed by atoms with Crippen molar-refractivity contribution in [1.29, 1.82) is 5.26 Å². The lowest BCUT2D eigenvalue weighted by atomic mass is 9.94. The van der Waals surface area contributed by atoms with Crippen LogP contribution in [0.25, 0.3) is 0 Å². The fraction of sp³-hybridized carbons (Fsp3) is 0.406. The van der Waals surface area contributed by atoms with E-state index >= 15 is 0 Å². The minimum absolute atomic E-state index is 0.127. The quantitative estimate of drug-likeness (QED) is 0.301. The fourth-order valence-electron chi connectivity index (χ4n) is 5.25. The predicted molar refractivity (Wildman–Crippen MR) is 164 cm³/mol. The van der Waals surface area contributed by atoms with Crippen LogP contribution in [-0.4, -0.2) is 75.1 Å². The molecule has 206 valence electrons. The maximum atomic E-state index is 9.79. The van der Waals surface area contributed by atoms with Crippen LogP contribution in [0.5, 0.6) is 0 Å². The Bertz CT molecular complexity index is 1270. The zero-order valence-corrected chi connectivity index (χ0v) is 25.2. The SMILES string of the molecule is Cc1cc(C(c2ccc(Cl)c(C)c2)N2CCN(Cc3cc(N(C)CCN(C)C)ccc3C#N)CC2)ccc1Cl. The number of halogens is 2. The molecule has 0 aliphatic carbocycles. The maximum absolute atomic E-state index is 9.79. The third-order valence-corrected chi connectivity index (χ3v) is 8.54. The van der Waals surface area contributed by atoms with Gasteiger partial charge < -0.3 is 9.80 Å². The number of aryl methyl sites for hydroxylation is 2. The lowest BCUT2D eigenvalue weighted by Crippen LogP contribution is -2.47. The highest BCUT2D eigenvalue weighted by Gasteiger charge is 2.27. The van der Waals surface area contributed by atoms with E-state index in [1.165, 1.54) is 11.1 Å². The van der Waals surface area contributed by atoms with Gasteiger partial charge in [0.05, 0.1) is 17.7 Å². The molecule has 7 heteroatoms. The van der Waals surface area contributed by atoms with Crippen LogP contribution in [0.1, 0.15) is 39.4 Å². The summed E-state index contributed by atoms with van der Waals surface area (Å²) in [5.74, 6) is 0. The summed E-state index contributed by atoms with van der Waals surface area (Å²) in [6, 6.07) is 21.5. The fourth-order valence-corrected chi connectivity index (χ4v) is 5.48. The number of likely N-dealkylation sites (N-methyl/N-ethyl adjacent to an activating group) is 2. The highest BCUT2D eigenvalue weighted by molar-refractivity contribution is 6.31. The standard InChI is InChI=1S/C32H39Cl2N5/c1-23-18-25(7-10-30(23)33)32(26-8-11-31(34)24(2)19-26)39-16-14-38(15-17-39)22-28-20-29(9-6-27(28)21-35)37(5)13-12-36(3)4/h6-11,18-20,32H,12-17,22H2,1-5H3. The smallest absolute Gasteiger partial charge is 0.0995 e. The van der Waals surface area contributed by atoms with Gasteiger partial charge in [-0.3, -0.25) is 9.80 Å². The molecule has 1 aliphatic rings. The van der Waals surface area contributed by atoms with E-state index in [0.29, 0.717) is 0 Å². The average Bonchev–Trinajstić information content (AvgIpc) is 2.92. The number of nitriles is 1. The monoisotopic (exact) mass is 563 g/mol. The molecule has 5 nitrogen and oxygen atoms in total. The van der Waals surface area contributed by atoms with Crippen molar-refractivity contribution in [3.63, 3.8) is 0 Å². The average molecular weight is 565 g/mol. The molecule has 0 atom stereocenters. The van der Waals surface area contributed by atoms with E-state index in [0.717, 1.165) is 83.8 Å². The van der Waals surface area contributed by atoms with Crippen molar-refractivity contribution in [2.75, 3.05) is 65.3 Å². The third-order valence-electron chi connectivity index (χ3n) is 7.69. The summed E-state index contributed by atoms with van der Waals surface area (Å²) in [7, 11) is 6.29. The molecule has 1 aliphatic heterocycles. The molecule has 4 rings (SSSR count). The van der Waals surface area contributed by atoms with Crippen LogP contribution < -0.4 is 4.90 Å². The summed E-state index contributed by atoms with van der Waals surface area (Å²) in [5, 5.41) is 11.4. The molecular formula is C32H39Cl2N5. The van der Waals surface area contributed by atoms with Gasteiger partial charge in [0.15, 0.2) is 0 Å². The Hall–Kier alpha value is -2.59. The molecular weight excluding hydrogens is 525 g/mol. The highest BCUT2D eigenvalue weighted by Crippen LogP contribution is 2.34. The Labute approximate surface area is 244 Å². The van der Waals surface area contributed by atoms with Crippen LogP contribution in [0.2, 0.25) is 10.0 Å². The Morgan fingerprint density at radius 3 is 1.92 bits per heavy atom. The van der Waals surface area contributed by atoms with Gasteiger partial charge in [0.1, 0.15) is 0 Å². The molecule has 3 aromatic carbocycles. The molecule has 0 radical (unpaired) electrons. The van der Waals surface area contributed by atoms with Gasteiger partial charge in [0.25, 0.3) is 0 Å². The van der Waals surface area contributed by atoms with Gasteiger partial charge in [-0.15, -0.1) is 0 Å². The Balaban J connectivity index is 1.51. The molecule has 0 saturated carbocycles. The minimum Gasteiger partial charge on any atom is -0.373 e. The van der Waals surface area contributed by atoms with Gasteiger partial charge in [-0.25, -0.2) is 0 Å². The van der Waals surface area contributed by atoms with Gasteiger partial charge in [-0.1, -0.05) is 47.5 Å². The molecule has 0 spiro atoms. The number of hydrogen-bond donors (Lipinski definition) is 0. The Kier molecular flexibility index (Phi) is 9.93. The normalized spacial score (nSPS) is 14.7. The highest BCUT2D eigenvalue weighted by atomic mass is 35.5. The minimum atomic E-state index is 0.127. The van der Waals surface area contributed by atoms with Crippen LogP contribution in [0.3, 0.4) is 0 Å². The summed E-state index contributed by atoms with van der Waals surface area (Å²) in [6.07, 6.45) is 0. The largest absolute Gasteiger partial charge is 0.373 e. The van der Waals surface area contributed by atoms with Crippen LogP contribution in [0, 0.1) is 25.2 Å². The van der Waals surface area contributed by atoms with Gasteiger partial charge in [0.2, 0.25) is 0 Å². The van der Waals surface area contributed by atoms with Gasteiger partial charge in [-0.05, 0) is 86.1 Å². The van der Waals surface area contributed by atoms with Crippen molar-refractivity contribution < 1.29 is 0 Å². The zero-order valence-electron chi connectivity index (χ0n) is 23.7. The second-order valence-electron chi connectivity index (χ2n) is 10.9. The van der Waals surface area contributed by atoms with E-state index in [2.05, 4.69) is 97.1 Å². The third kappa shape index (κ3) is 7.33. The van der Waals surface area contributed by atoms with Crippen LogP contribution in [0.4, 0.5) is 5.69 Å². The van der Waals surface area contributed by atoms with Crippen molar-refractivity contribution >= 4 is 28.9 Å². The Morgan fingerprint density at radius 2 is 1.41 bits per heavy atom. The van der Waals surface area contributed by atoms with Crippen molar-refractivity contribution in [2.45, 2.75) is 26.4 Å². The van der Waals surface area contributed by atoms with E-state index < -0.39 is 0 Å². The van der Waals surface area contributed by atoms with Gasteiger partial charge in [-0.2, -0.15) is 5.26 Å². The van der Waals surface area contributed by atoms with E-state index in [-0.39, 0.29) is 6.04 Å².